The van der Waals surface area contributed by atoms with Crippen LogP contribution in [0.4, 0.5) is 4.39 Å². The van der Waals surface area contributed by atoms with Crippen LogP contribution >= 0.6 is 11.6 Å². The molecule has 20 heavy (non-hydrogen) atoms. The molecule has 1 atom stereocenters. The first-order valence-corrected chi connectivity index (χ1v) is 7.22. The van der Waals surface area contributed by atoms with Gasteiger partial charge in [0.15, 0.2) is 0 Å². The number of likely N-dealkylation sites (N-methyl/N-ethyl adjacent to an activating group) is 1. The van der Waals surface area contributed by atoms with Gasteiger partial charge in [0.05, 0.1) is 0 Å². The van der Waals surface area contributed by atoms with Crippen molar-refractivity contribution in [3.05, 3.63) is 70.0 Å². The van der Waals surface area contributed by atoms with Gasteiger partial charge < -0.3 is 5.32 Å². The number of rotatable bonds is 5. The van der Waals surface area contributed by atoms with E-state index in [1.54, 1.807) is 12.1 Å². The second-order valence-electron chi connectivity index (χ2n) is 4.97. The van der Waals surface area contributed by atoms with Gasteiger partial charge in [-0.15, -0.1) is 0 Å². The lowest BCUT2D eigenvalue weighted by atomic mass is 9.98. The molecule has 0 saturated heterocycles. The molecule has 0 heterocycles. The minimum atomic E-state index is -0.201. The van der Waals surface area contributed by atoms with Crippen LogP contribution in [0.5, 0.6) is 0 Å². The van der Waals surface area contributed by atoms with Gasteiger partial charge in [-0.1, -0.05) is 42.8 Å². The van der Waals surface area contributed by atoms with Gasteiger partial charge in [-0.2, -0.15) is 0 Å². The van der Waals surface area contributed by atoms with Crippen molar-refractivity contribution in [1.29, 1.82) is 0 Å². The van der Waals surface area contributed by atoms with Crippen LogP contribution in [0.25, 0.3) is 0 Å². The van der Waals surface area contributed by atoms with Crippen LogP contribution < -0.4 is 5.32 Å². The third-order valence-corrected chi connectivity index (χ3v) is 3.64. The van der Waals surface area contributed by atoms with Crippen molar-refractivity contribution >= 4 is 11.6 Å². The lowest BCUT2D eigenvalue weighted by Gasteiger charge is -2.20. The maximum Gasteiger partial charge on any atom is 0.123 e. The lowest BCUT2D eigenvalue weighted by molar-refractivity contribution is 0.547. The van der Waals surface area contributed by atoms with Crippen molar-refractivity contribution in [2.45, 2.75) is 26.3 Å². The maximum absolute atomic E-state index is 13.3. The van der Waals surface area contributed by atoms with Gasteiger partial charge in [-0.3, -0.25) is 0 Å². The molecular formula is C17H19ClFN. The molecule has 0 amide bonds. The molecule has 0 bridgehead atoms. The summed E-state index contributed by atoms with van der Waals surface area (Å²) in [4.78, 5) is 0. The summed E-state index contributed by atoms with van der Waals surface area (Å²) in [6.07, 6.45) is 0.717. The number of hydrogen-bond acceptors (Lipinski definition) is 1. The van der Waals surface area contributed by atoms with Gasteiger partial charge in [0.25, 0.3) is 0 Å². The Labute approximate surface area is 124 Å². The molecule has 0 aliphatic carbocycles. The lowest BCUT2D eigenvalue weighted by Crippen LogP contribution is -2.23. The number of hydrogen-bond donors (Lipinski definition) is 1. The van der Waals surface area contributed by atoms with Crippen LogP contribution in [-0.2, 0) is 6.42 Å². The molecule has 0 fully saturated rings. The highest BCUT2D eigenvalue weighted by atomic mass is 35.5. The molecule has 1 nitrogen and oxygen atoms in total. The van der Waals surface area contributed by atoms with Crippen molar-refractivity contribution in [2.24, 2.45) is 0 Å². The van der Waals surface area contributed by atoms with Crippen molar-refractivity contribution < 1.29 is 4.39 Å². The average molecular weight is 292 g/mol. The molecule has 2 rings (SSSR count). The number of nitrogens with one attached hydrogen (secondary N) is 1. The van der Waals surface area contributed by atoms with E-state index in [-0.39, 0.29) is 11.9 Å². The Hall–Kier alpha value is -1.38. The normalized spacial score (nSPS) is 12.4. The topological polar surface area (TPSA) is 12.0 Å². The monoisotopic (exact) mass is 291 g/mol. The van der Waals surface area contributed by atoms with Crippen LogP contribution in [0.15, 0.2) is 42.5 Å². The van der Waals surface area contributed by atoms with Crippen molar-refractivity contribution in [1.82, 2.24) is 5.32 Å². The van der Waals surface area contributed by atoms with E-state index in [0.717, 1.165) is 28.3 Å². The summed E-state index contributed by atoms with van der Waals surface area (Å²) in [5.41, 5.74) is 3.16. The third kappa shape index (κ3) is 3.81. The minimum Gasteiger partial charge on any atom is -0.310 e. The highest BCUT2D eigenvalue weighted by Crippen LogP contribution is 2.27. The van der Waals surface area contributed by atoms with Crippen LogP contribution in [0, 0.1) is 12.7 Å². The zero-order chi connectivity index (χ0) is 14.5. The highest BCUT2D eigenvalue weighted by Gasteiger charge is 2.14. The number of aryl methyl sites for hydroxylation is 1. The predicted octanol–water partition coefficient (Wildman–Crippen LogP) is 4.68. The van der Waals surface area contributed by atoms with Gasteiger partial charge in [-0.05, 0) is 54.8 Å². The van der Waals surface area contributed by atoms with Crippen molar-refractivity contribution in [2.75, 3.05) is 6.54 Å². The Bertz CT molecular complexity index is 583. The summed E-state index contributed by atoms with van der Waals surface area (Å²) in [5.74, 6) is -0.201. The summed E-state index contributed by atoms with van der Waals surface area (Å²) in [6.45, 7) is 4.91. The van der Waals surface area contributed by atoms with Gasteiger partial charge in [0, 0.05) is 11.1 Å². The van der Waals surface area contributed by atoms with E-state index in [2.05, 4.69) is 18.3 Å². The number of benzene rings is 2. The molecule has 1 N–H and O–H groups in total. The largest absolute Gasteiger partial charge is 0.310 e. The average Bonchev–Trinajstić information content (AvgIpc) is 2.38. The molecule has 0 aliphatic heterocycles. The zero-order valence-corrected chi connectivity index (χ0v) is 12.5. The van der Waals surface area contributed by atoms with Crippen LogP contribution in [0.1, 0.15) is 29.7 Å². The molecule has 0 radical (unpaired) electrons. The van der Waals surface area contributed by atoms with E-state index < -0.39 is 0 Å². The SMILES string of the molecule is CCNC(Cc1cccc(F)c1)c1ccc(C)cc1Cl. The Morgan fingerprint density at radius 3 is 2.65 bits per heavy atom. The zero-order valence-electron chi connectivity index (χ0n) is 11.8. The summed E-state index contributed by atoms with van der Waals surface area (Å²) in [6, 6.07) is 12.9. The Balaban J connectivity index is 2.26. The Morgan fingerprint density at radius 1 is 1.20 bits per heavy atom. The summed E-state index contributed by atoms with van der Waals surface area (Å²) in [7, 11) is 0. The smallest absolute Gasteiger partial charge is 0.123 e. The van der Waals surface area contributed by atoms with E-state index in [0.29, 0.717) is 6.42 Å². The standard InChI is InChI=1S/C17H19ClFN/c1-3-20-17(11-13-5-4-6-14(19)10-13)15-8-7-12(2)9-16(15)18/h4-10,17,20H,3,11H2,1-2H3. The molecule has 3 heteroatoms. The molecule has 106 valence electrons. The van der Waals surface area contributed by atoms with E-state index in [4.69, 9.17) is 11.6 Å². The fourth-order valence-corrected chi connectivity index (χ4v) is 2.72. The van der Waals surface area contributed by atoms with Gasteiger partial charge in [0.2, 0.25) is 0 Å². The van der Waals surface area contributed by atoms with Crippen molar-refractivity contribution in [3.8, 4) is 0 Å². The summed E-state index contributed by atoms with van der Waals surface area (Å²) >= 11 is 6.34. The highest BCUT2D eigenvalue weighted by molar-refractivity contribution is 6.31. The second-order valence-corrected chi connectivity index (χ2v) is 5.38. The van der Waals surface area contributed by atoms with Gasteiger partial charge in [-0.25, -0.2) is 4.39 Å². The van der Waals surface area contributed by atoms with E-state index >= 15 is 0 Å². The second kappa shape index (κ2) is 6.87. The van der Waals surface area contributed by atoms with E-state index in [1.807, 2.05) is 25.1 Å². The Kier molecular flexibility index (Phi) is 5.16. The van der Waals surface area contributed by atoms with Crippen LogP contribution in [0.2, 0.25) is 5.02 Å². The first kappa shape index (κ1) is 15.0. The maximum atomic E-state index is 13.3. The first-order chi connectivity index (χ1) is 9.60. The van der Waals surface area contributed by atoms with Gasteiger partial charge in [0.1, 0.15) is 5.82 Å². The summed E-state index contributed by atoms with van der Waals surface area (Å²) < 4.78 is 13.3. The third-order valence-electron chi connectivity index (χ3n) is 3.31. The quantitative estimate of drug-likeness (QED) is 0.843. The van der Waals surface area contributed by atoms with Gasteiger partial charge >= 0.3 is 0 Å². The molecule has 0 aliphatic rings. The number of halogens is 2. The van der Waals surface area contributed by atoms with Crippen molar-refractivity contribution in [3.63, 3.8) is 0 Å². The molecular weight excluding hydrogens is 273 g/mol. The predicted molar refractivity (Wildman–Crippen MR) is 82.7 cm³/mol. The molecule has 2 aromatic rings. The first-order valence-electron chi connectivity index (χ1n) is 6.84. The van der Waals surface area contributed by atoms with Crippen LogP contribution in [-0.4, -0.2) is 6.54 Å². The molecule has 0 aromatic heterocycles. The fraction of sp³-hybridized carbons (Fsp3) is 0.294. The van der Waals surface area contributed by atoms with E-state index in [9.17, 15) is 4.39 Å². The Morgan fingerprint density at radius 2 is 2.00 bits per heavy atom. The van der Waals surface area contributed by atoms with E-state index in [1.165, 1.54) is 6.07 Å². The molecule has 1 unspecified atom stereocenters. The van der Waals surface area contributed by atoms with Crippen LogP contribution in [0.3, 0.4) is 0 Å². The molecule has 0 spiro atoms. The summed E-state index contributed by atoms with van der Waals surface area (Å²) in [5, 5.41) is 4.18. The molecule has 2 aromatic carbocycles. The minimum absolute atomic E-state index is 0.0925. The fourth-order valence-electron chi connectivity index (χ4n) is 2.35. The molecule has 0 saturated carbocycles.